The van der Waals surface area contributed by atoms with Gasteiger partial charge in [0.05, 0.1) is 11.7 Å². The quantitative estimate of drug-likeness (QED) is 0.718. The Labute approximate surface area is 109 Å². The van der Waals surface area contributed by atoms with E-state index in [1.54, 1.807) is 0 Å². The standard InChI is InChI=1S/C14H12N2OS/c1-10-4-2-6-12(8-10)17-9-11-5-3-7-13-14(11)16-18-15-13/h2-8H,9H2,1H3. The Morgan fingerprint density at radius 1 is 1.11 bits per heavy atom. The first-order valence-electron chi connectivity index (χ1n) is 5.72. The molecule has 0 amide bonds. The van der Waals surface area contributed by atoms with Crippen molar-refractivity contribution in [1.82, 2.24) is 8.75 Å². The highest BCUT2D eigenvalue weighted by Gasteiger charge is 2.05. The third kappa shape index (κ3) is 2.19. The molecule has 0 fully saturated rings. The molecule has 4 heteroatoms. The number of rotatable bonds is 3. The Balaban J connectivity index is 1.83. The Hall–Kier alpha value is -1.94. The van der Waals surface area contributed by atoms with Gasteiger partial charge < -0.3 is 4.74 Å². The van der Waals surface area contributed by atoms with Crippen LogP contribution in [0.2, 0.25) is 0 Å². The first-order chi connectivity index (χ1) is 8.83. The lowest BCUT2D eigenvalue weighted by Gasteiger charge is -2.07. The molecule has 1 aromatic heterocycles. The predicted molar refractivity (Wildman–Crippen MR) is 72.9 cm³/mol. The second-order valence-corrected chi connectivity index (χ2v) is 4.68. The van der Waals surface area contributed by atoms with Crippen LogP contribution in [-0.2, 0) is 6.61 Å². The van der Waals surface area contributed by atoms with Crippen molar-refractivity contribution < 1.29 is 4.74 Å². The lowest BCUT2D eigenvalue weighted by atomic mass is 10.2. The van der Waals surface area contributed by atoms with E-state index in [0.29, 0.717) is 6.61 Å². The van der Waals surface area contributed by atoms with Gasteiger partial charge in [-0.05, 0) is 30.7 Å². The molecule has 0 saturated carbocycles. The monoisotopic (exact) mass is 256 g/mol. The van der Waals surface area contributed by atoms with E-state index < -0.39 is 0 Å². The Bertz CT molecular complexity index is 678. The van der Waals surface area contributed by atoms with Crippen LogP contribution in [0.25, 0.3) is 11.0 Å². The summed E-state index contributed by atoms with van der Waals surface area (Å²) >= 11 is 1.24. The summed E-state index contributed by atoms with van der Waals surface area (Å²) in [5.41, 5.74) is 4.14. The Kier molecular flexibility index (Phi) is 2.94. The smallest absolute Gasteiger partial charge is 0.120 e. The van der Waals surface area contributed by atoms with Crippen LogP contribution in [-0.4, -0.2) is 8.75 Å². The fourth-order valence-electron chi connectivity index (χ4n) is 1.84. The van der Waals surface area contributed by atoms with Crippen LogP contribution >= 0.6 is 11.7 Å². The highest BCUT2D eigenvalue weighted by atomic mass is 32.1. The molecule has 0 saturated heterocycles. The molecule has 18 heavy (non-hydrogen) atoms. The average molecular weight is 256 g/mol. The van der Waals surface area contributed by atoms with E-state index in [9.17, 15) is 0 Å². The third-order valence-corrected chi connectivity index (χ3v) is 3.30. The zero-order chi connectivity index (χ0) is 12.4. The lowest BCUT2D eigenvalue weighted by molar-refractivity contribution is 0.307. The van der Waals surface area contributed by atoms with E-state index in [2.05, 4.69) is 21.7 Å². The first kappa shape index (κ1) is 11.2. The van der Waals surface area contributed by atoms with Crippen molar-refractivity contribution >= 4 is 22.8 Å². The third-order valence-electron chi connectivity index (χ3n) is 2.75. The molecule has 1 heterocycles. The summed E-state index contributed by atoms with van der Waals surface area (Å²) in [6, 6.07) is 14.0. The lowest BCUT2D eigenvalue weighted by Crippen LogP contribution is -1.96. The maximum absolute atomic E-state index is 5.79. The number of fused-ring (bicyclic) bond motifs is 1. The van der Waals surface area contributed by atoms with Gasteiger partial charge in [-0.1, -0.05) is 24.3 Å². The van der Waals surface area contributed by atoms with Gasteiger partial charge in [0.2, 0.25) is 0 Å². The summed E-state index contributed by atoms with van der Waals surface area (Å²) in [5.74, 6) is 0.884. The summed E-state index contributed by atoms with van der Waals surface area (Å²) < 4.78 is 14.3. The van der Waals surface area contributed by atoms with E-state index in [1.165, 1.54) is 17.3 Å². The first-order valence-corrected chi connectivity index (χ1v) is 6.45. The molecular weight excluding hydrogens is 244 g/mol. The van der Waals surface area contributed by atoms with Gasteiger partial charge in [-0.3, -0.25) is 0 Å². The van der Waals surface area contributed by atoms with Crippen LogP contribution in [0.4, 0.5) is 0 Å². The number of aromatic nitrogens is 2. The maximum Gasteiger partial charge on any atom is 0.120 e. The summed E-state index contributed by atoms with van der Waals surface area (Å²) in [5, 5.41) is 0. The number of nitrogens with zero attached hydrogens (tertiary/aromatic N) is 2. The van der Waals surface area contributed by atoms with Crippen molar-refractivity contribution in [2.75, 3.05) is 0 Å². The van der Waals surface area contributed by atoms with Crippen molar-refractivity contribution in [3.63, 3.8) is 0 Å². The number of ether oxygens (including phenoxy) is 1. The number of aryl methyl sites for hydroxylation is 1. The van der Waals surface area contributed by atoms with Crippen LogP contribution in [0.3, 0.4) is 0 Å². The molecule has 0 atom stereocenters. The molecule has 0 aliphatic rings. The van der Waals surface area contributed by atoms with Crippen molar-refractivity contribution in [2.24, 2.45) is 0 Å². The topological polar surface area (TPSA) is 35.0 Å². The van der Waals surface area contributed by atoms with Gasteiger partial charge in [0, 0.05) is 5.56 Å². The largest absolute Gasteiger partial charge is 0.489 e. The van der Waals surface area contributed by atoms with E-state index in [4.69, 9.17) is 4.74 Å². The van der Waals surface area contributed by atoms with E-state index >= 15 is 0 Å². The maximum atomic E-state index is 5.79. The minimum Gasteiger partial charge on any atom is -0.489 e. The minimum absolute atomic E-state index is 0.520. The van der Waals surface area contributed by atoms with Gasteiger partial charge in [-0.15, -0.1) is 0 Å². The van der Waals surface area contributed by atoms with Crippen molar-refractivity contribution in [3.8, 4) is 5.75 Å². The zero-order valence-electron chi connectivity index (χ0n) is 9.96. The fraction of sp³-hybridized carbons (Fsp3) is 0.143. The Morgan fingerprint density at radius 2 is 2.00 bits per heavy atom. The summed E-state index contributed by atoms with van der Waals surface area (Å²) in [4.78, 5) is 0. The molecule has 0 aliphatic heterocycles. The number of hydrogen-bond acceptors (Lipinski definition) is 4. The highest BCUT2D eigenvalue weighted by molar-refractivity contribution is 7.00. The van der Waals surface area contributed by atoms with Crippen molar-refractivity contribution in [3.05, 3.63) is 53.6 Å². The second-order valence-electron chi connectivity index (χ2n) is 4.15. The van der Waals surface area contributed by atoms with E-state index in [-0.39, 0.29) is 0 Å². The molecule has 0 unspecified atom stereocenters. The highest BCUT2D eigenvalue weighted by Crippen LogP contribution is 2.19. The molecule has 0 spiro atoms. The second kappa shape index (κ2) is 4.74. The molecule has 0 bridgehead atoms. The number of benzene rings is 2. The van der Waals surface area contributed by atoms with Crippen molar-refractivity contribution in [2.45, 2.75) is 13.5 Å². The molecule has 0 N–H and O–H groups in total. The fourth-order valence-corrected chi connectivity index (χ4v) is 2.41. The summed E-state index contributed by atoms with van der Waals surface area (Å²) in [7, 11) is 0. The van der Waals surface area contributed by atoms with Crippen LogP contribution in [0.15, 0.2) is 42.5 Å². The molecular formula is C14H12N2OS. The zero-order valence-corrected chi connectivity index (χ0v) is 10.8. The Morgan fingerprint density at radius 3 is 2.89 bits per heavy atom. The molecule has 3 nitrogen and oxygen atoms in total. The van der Waals surface area contributed by atoms with Gasteiger partial charge in [-0.25, -0.2) is 0 Å². The van der Waals surface area contributed by atoms with Gasteiger partial charge >= 0.3 is 0 Å². The SMILES string of the molecule is Cc1cccc(OCc2cccc3nsnc23)c1. The van der Waals surface area contributed by atoms with Gasteiger partial charge in [0.25, 0.3) is 0 Å². The van der Waals surface area contributed by atoms with Gasteiger partial charge in [0.15, 0.2) is 0 Å². The van der Waals surface area contributed by atoms with Gasteiger partial charge in [0.1, 0.15) is 23.4 Å². The number of hydrogen-bond donors (Lipinski definition) is 0. The van der Waals surface area contributed by atoms with Crippen LogP contribution in [0, 0.1) is 6.92 Å². The predicted octanol–water partition coefficient (Wildman–Crippen LogP) is 3.58. The van der Waals surface area contributed by atoms with Gasteiger partial charge in [-0.2, -0.15) is 8.75 Å². The average Bonchev–Trinajstić information content (AvgIpc) is 2.85. The van der Waals surface area contributed by atoms with Crippen LogP contribution in [0.1, 0.15) is 11.1 Å². The minimum atomic E-state index is 0.520. The summed E-state index contributed by atoms with van der Waals surface area (Å²) in [6.45, 7) is 2.57. The van der Waals surface area contributed by atoms with E-state index in [0.717, 1.165) is 22.3 Å². The molecule has 90 valence electrons. The van der Waals surface area contributed by atoms with Crippen molar-refractivity contribution in [1.29, 1.82) is 0 Å². The molecule has 3 aromatic rings. The normalized spacial score (nSPS) is 10.7. The molecule has 0 aliphatic carbocycles. The molecule has 0 radical (unpaired) electrons. The van der Waals surface area contributed by atoms with Crippen LogP contribution in [0.5, 0.6) is 5.75 Å². The van der Waals surface area contributed by atoms with E-state index in [1.807, 2.05) is 36.4 Å². The van der Waals surface area contributed by atoms with Crippen LogP contribution < -0.4 is 4.74 Å². The molecule has 2 aromatic carbocycles. The summed E-state index contributed by atoms with van der Waals surface area (Å²) in [6.07, 6.45) is 0. The molecule has 3 rings (SSSR count).